The lowest BCUT2D eigenvalue weighted by molar-refractivity contribution is -0.137. The standard InChI is InChI=1S/C15H11F3N4O/c1-8(23)19-13-11-5-6-12(20-14(11)22-21-13)9-3-2-4-10(7-9)15(16,17)18/h2-7H,1H3,(H2,19,20,21,22,23). The van der Waals surface area contributed by atoms with E-state index in [9.17, 15) is 18.0 Å². The van der Waals surface area contributed by atoms with Crippen LogP contribution in [0.2, 0.25) is 0 Å². The zero-order valence-corrected chi connectivity index (χ0v) is 11.9. The second-order valence-electron chi connectivity index (χ2n) is 4.92. The number of hydrogen-bond acceptors (Lipinski definition) is 3. The van der Waals surface area contributed by atoms with Crippen LogP contribution < -0.4 is 5.32 Å². The molecule has 8 heteroatoms. The minimum Gasteiger partial charge on any atom is -0.309 e. The summed E-state index contributed by atoms with van der Waals surface area (Å²) in [5, 5.41) is 9.70. The number of H-pyrrole nitrogens is 1. The summed E-state index contributed by atoms with van der Waals surface area (Å²) in [7, 11) is 0. The summed E-state index contributed by atoms with van der Waals surface area (Å²) < 4.78 is 38.4. The molecule has 0 bridgehead atoms. The predicted octanol–water partition coefficient (Wildman–Crippen LogP) is 3.60. The topological polar surface area (TPSA) is 70.7 Å². The molecule has 0 unspecified atom stereocenters. The Morgan fingerprint density at radius 1 is 1.22 bits per heavy atom. The molecular formula is C15H11F3N4O. The summed E-state index contributed by atoms with van der Waals surface area (Å²) in [6.07, 6.45) is -4.41. The summed E-state index contributed by atoms with van der Waals surface area (Å²) in [6.45, 7) is 1.35. The molecule has 3 rings (SSSR count). The molecule has 0 radical (unpaired) electrons. The van der Waals surface area contributed by atoms with E-state index in [0.29, 0.717) is 28.1 Å². The molecule has 0 saturated carbocycles. The minimum absolute atomic E-state index is 0.277. The Balaban J connectivity index is 2.03. The normalized spacial score (nSPS) is 11.7. The van der Waals surface area contributed by atoms with E-state index in [1.165, 1.54) is 13.0 Å². The lowest BCUT2D eigenvalue weighted by Gasteiger charge is -2.08. The quantitative estimate of drug-likeness (QED) is 0.758. The molecule has 2 N–H and O–H groups in total. The summed E-state index contributed by atoms with van der Waals surface area (Å²) in [4.78, 5) is 15.3. The second kappa shape index (κ2) is 5.38. The van der Waals surface area contributed by atoms with Gasteiger partial charge in [-0.15, -0.1) is 0 Å². The van der Waals surface area contributed by atoms with E-state index in [1.54, 1.807) is 18.2 Å². The average Bonchev–Trinajstić information content (AvgIpc) is 2.88. The van der Waals surface area contributed by atoms with Crippen LogP contribution in [0.1, 0.15) is 12.5 Å². The Hall–Kier alpha value is -2.90. The molecule has 0 fully saturated rings. The second-order valence-corrected chi connectivity index (χ2v) is 4.92. The maximum atomic E-state index is 12.8. The molecule has 0 aliphatic carbocycles. The number of fused-ring (bicyclic) bond motifs is 1. The molecule has 118 valence electrons. The third-order valence-corrected chi connectivity index (χ3v) is 3.20. The highest BCUT2D eigenvalue weighted by molar-refractivity contribution is 5.98. The fraction of sp³-hybridized carbons (Fsp3) is 0.133. The van der Waals surface area contributed by atoms with Gasteiger partial charge in [-0.2, -0.15) is 18.3 Å². The first-order valence-corrected chi connectivity index (χ1v) is 6.65. The van der Waals surface area contributed by atoms with Gasteiger partial charge in [-0.3, -0.25) is 9.89 Å². The molecule has 3 aromatic rings. The lowest BCUT2D eigenvalue weighted by Crippen LogP contribution is -2.06. The molecule has 5 nitrogen and oxygen atoms in total. The van der Waals surface area contributed by atoms with Crippen LogP contribution in [0.4, 0.5) is 19.0 Å². The average molecular weight is 320 g/mol. The Labute approximate surface area is 128 Å². The number of carbonyl (C=O) groups is 1. The van der Waals surface area contributed by atoms with Crippen LogP contribution in [-0.2, 0) is 11.0 Å². The summed E-state index contributed by atoms with van der Waals surface area (Å²) in [5.74, 6) is 0.0518. The molecule has 2 heterocycles. The van der Waals surface area contributed by atoms with Gasteiger partial charge in [0.1, 0.15) is 0 Å². The van der Waals surface area contributed by atoms with E-state index in [4.69, 9.17) is 0 Å². The van der Waals surface area contributed by atoms with E-state index in [2.05, 4.69) is 20.5 Å². The van der Waals surface area contributed by atoms with Crippen molar-refractivity contribution in [3.63, 3.8) is 0 Å². The van der Waals surface area contributed by atoms with Crippen molar-refractivity contribution in [2.45, 2.75) is 13.1 Å². The van der Waals surface area contributed by atoms with Gasteiger partial charge in [-0.1, -0.05) is 12.1 Å². The maximum absolute atomic E-state index is 12.8. The third-order valence-electron chi connectivity index (χ3n) is 3.20. The zero-order valence-electron chi connectivity index (χ0n) is 11.9. The molecule has 1 amide bonds. The van der Waals surface area contributed by atoms with Crippen molar-refractivity contribution >= 4 is 22.8 Å². The molecule has 0 aliphatic heterocycles. The smallest absolute Gasteiger partial charge is 0.309 e. The van der Waals surface area contributed by atoms with Crippen molar-refractivity contribution in [3.8, 4) is 11.3 Å². The van der Waals surface area contributed by atoms with Crippen molar-refractivity contribution in [2.24, 2.45) is 0 Å². The third kappa shape index (κ3) is 3.01. The number of nitrogens with zero attached hydrogens (tertiary/aromatic N) is 2. The maximum Gasteiger partial charge on any atom is 0.416 e. The van der Waals surface area contributed by atoms with Crippen molar-refractivity contribution in [2.75, 3.05) is 5.32 Å². The Morgan fingerprint density at radius 2 is 2.00 bits per heavy atom. The lowest BCUT2D eigenvalue weighted by atomic mass is 10.1. The summed E-state index contributed by atoms with van der Waals surface area (Å²) in [6, 6.07) is 8.16. The first-order valence-electron chi connectivity index (χ1n) is 6.65. The number of nitrogens with one attached hydrogen (secondary N) is 2. The number of carbonyl (C=O) groups excluding carboxylic acids is 1. The van der Waals surface area contributed by atoms with Gasteiger partial charge in [0.05, 0.1) is 16.6 Å². The molecule has 0 saturated heterocycles. The fourth-order valence-electron chi connectivity index (χ4n) is 2.18. The van der Waals surface area contributed by atoms with E-state index in [0.717, 1.165) is 12.1 Å². The molecule has 0 aliphatic rings. The molecule has 23 heavy (non-hydrogen) atoms. The SMILES string of the molecule is CC(=O)Nc1n[nH]c2nc(-c3cccc(C(F)(F)F)c3)ccc12. The van der Waals surface area contributed by atoms with Crippen molar-refractivity contribution < 1.29 is 18.0 Å². The van der Waals surface area contributed by atoms with Gasteiger partial charge in [0.2, 0.25) is 5.91 Å². The number of aromatic nitrogens is 3. The molecule has 0 spiro atoms. The number of rotatable bonds is 2. The zero-order chi connectivity index (χ0) is 16.6. The largest absolute Gasteiger partial charge is 0.416 e. The highest BCUT2D eigenvalue weighted by Gasteiger charge is 2.30. The summed E-state index contributed by atoms with van der Waals surface area (Å²) in [5.41, 5.74) is 0.364. The van der Waals surface area contributed by atoms with Gasteiger partial charge in [-0.25, -0.2) is 4.98 Å². The molecular weight excluding hydrogens is 309 g/mol. The monoisotopic (exact) mass is 320 g/mol. The van der Waals surface area contributed by atoms with Crippen LogP contribution in [0.5, 0.6) is 0 Å². The number of aromatic amines is 1. The highest BCUT2D eigenvalue weighted by atomic mass is 19.4. The Bertz CT molecular complexity index is 886. The van der Waals surface area contributed by atoms with E-state index < -0.39 is 11.7 Å². The van der Waals surface area contributed by atoms with Crippen molar-refractivity contribution in [3.05, 3.63) is 42.0 Å². The van der Waals surface area contributed by atoms with Gasteiger partial charge in [0.15, 0.2) is 11.5 Å². The molecule has 1 aromatic carbocycles. The van der Waals surface area contributed by atoms with Crippen LogP contribution in [0.15, 0.2) is 36.4 Å². The van der Waals surface area contributed by atoms with E-state index >= 15 is 0 Å². The number of amides is 1. The number of pyridine rings is 1. The van der Waals surface area contributed by atoms with Gasteiger partial charge in [-0.05, 0) is 24.3 Å². The van der Waals surface area contributed by atoms with E-state index in [-0.39, 0.29) is 5.91 Å². The van der Waals surface area contributed by atoms with Crippen LogP contribution in [0.25, 0.3) is 22.3 Å². The number of halogens is 3. The van der Waals surface area contributed by atoms with Crippen LogP contribution in [-0.4, -0.2) is 21.1 Å². The molecule has 0 atom stereocenters. The fourth-order valence-corrected chi connectivity index (χ4v) is 2.18. The summed E-state index contributed by atoms with van der Waals surface area (Å²) >= 11 is 0. The van der Waals surface area contributed by atoms with Crippen LogP contribution in [0.3, 0.4) is 0 Å². The molecule has 2 aromatic heterocycles. The van der Waals surface area contributed by atoms with Gasteiger partial charge >= 0.3 is 6.18 Å². The Morgan fingerprint density at radius 3 is 2.70 bits per heavy atom. The first-order chi connectivity index (χ1) is 10.8. The van der Waals surface area contributed by atoms with Crippen LogP contribution >= 0.6 is 0 Å². The van der Waals surface area contributed by atoms with Crippen molar-refractivity contribution in [1.82, 2.24) is 15.2 Å². The van der Waals surface area contributed by atoms with Gasteiger partial charge in [0, 0.05) is 12.5 Å². The number of alkyl halides is 3. The number of benzene rings is 1. The minimum atomic E-state index is -4.41. The highest BCUT2D eigenvalue weighted by Crippen LogP contribution is 2.32. The number of anilines is 1. The number of hydrogen-bond donors (Lipinski definition) is 2. The predicted molar refractivity (Wildman–Crippen MR) is 78.6 cm³/mol. The van der Waals surface area contributed by atoms with Crippen molar-refractivity contribution in [1.29, 1.82) is 0 Å². The van der Waals surface area contributed by atoms with Crippen LogP contribution in [0, 0.1) is 0 Å². The van der Waals surface area contributed by atoms with Gasteiger partial charge in [0.25, 0.3) is 0 Å². The van der Waals surface area contributed by atoms with E-state index in [1.807, 2.05) is 0 Å². The Kier molecular flexibility index (Phi) is 3.51. The first kappa shape index (κ1) is 15.0. The van der Waals surface area contributed by atoms with Gasteiger partial charge < -0.3 is 5.32 Å².